The highest BCUT2D eigenvalue weighted by atomic mass is 32.2. The number of thiophene rings is 1. The number of nitrogens with one attached hydrogen (secondary N) is 3. The van der Waals surface area contributed by atoms with Crippen LogP contribution in [-0.2, 0) is 14.8 Å². The predicted molar refractivity (Wildman–Crippen MR) is 117 cm³/mol. The number of amides is 2. The van der Waals surface area contributed by atoms with Crippen molar-refractivity contribution in [2.45, 2.75) is 17.9 Å². The summed E-state index contributed by atoms with van der Waals surface area (Å²) in [5.74, 6) is -0.848. The fourth-order valence-corrected chi connectivity index (χ4v) is 4.47. The first-order valence-electron chi connectivity index (χ1n) is 9.06. The third-order valence-corrected chi connectivity index (χ3v) is 6.85. The lowest BCUT2D eigenvalue weighted by Gasteiger charge is -2.19. The van der Waals surface area contributed by atoms with Crippen LogP contribution in [0.3, 0.4) is 0 Å². The zero-order valence-corrected chi connectivity index (χ0v) is 18.0. The first kappa shape index (κ1) is 21.7. The number of hydrogen-bond donors (Lipinski definition) is 3. The molecule has 1 atom stereocenters. The molecular formula is C21H21N3O4S2. The van der Waals surface area contributed by atoms with E-state index in [-0.39, 0.29) is 10.8 Å². The summed E-state index contributed by atoms with van der Waals surface area (Å²) in [5.41, 5.74) is 1.47. The molecule has 9 heteroatoms. The summed E-state index contributed by atoms with van der Waals surface area (Å²) in [6.45, 7) is 1.67. The van der Waals surface area contributed by atoms with Gasteiger partial charge < -0.3 is 10.6 Å². The van der Waals surface area contributed by atoms with Gasteiger partial charge in [-0.3, -0.25) is 9.59 Å². The Balaban J connectivity index is 1.89. The Kier molecular flexibility index (Phi) is 6.66. The van der Waals surface area contributed by atoms with E-state index in [2.05, 4.69) is 15.4 Å². The van der Waals surface area contributed by atoms with E-state index in [4.69, 9.17) is 0 Å². The molecule has 0 radical (unpaired) electrons. The number of rotatable bonds is 7. The summed E-state index contributed by atoms with van der Waals surface area (Å²) >= 11 is 1.28. The Morgan fingerprint density at radius 2 is 1.73 bits per heavy atom. The van der Waals surface area contributed by atoms with Crippen LogP contribution >= 0.6 is 11.3 Å². The van der Waals surface area contributed by atoms with Crippen LogP contribution in [0.25, 0.3) is 0 Å². The molecule has 0 spiro atoms. The molecule has 0 aliphatic rings. The molecule has 0 saturated carbocycles. The fraction of sp³-hybridized carbons (Fsp3) is 0.143. The monoisotopic (exact) mass is 443 g/mol. The van der Waals surface area contributed by atoms with Gasteiger partial charge >= 0.3 is 0 Å². The van der Waals surface area contributed by atoms with Gasteiger partial charge in [0.2, 0.25) is 10.0 Å². The second-order valence-electron chi connectivity index (χ2n) is 6.47. The zero-order chi connectivity index (χ0) is 21.7. The van der Waals surface area contributed by atoms with Crippen LogP contribution < -0.4 is 15.4 Å². The number of carbonyl (C=O) groups excluding carboxylic acids is 2. The van der Waals surface area contributed by atoms with Crippen LogP contribution in [0.4, 0.5) is 5.69 Å². The molecule has 30 heavy (non-hydrogen) atoms. The second-order valence-corrected chi connectivity index (χ2v) is 9.27. The van der Waals surface area contributed by atoms with Gasteiger partial charge in [-0.15, -0.1) is 11.3 Å². The van der Waals surface area contributed by atoms with Crippen LogP contribution in [0.2, 0.25) is 0 Å². The maximum absolute atomic E-state index is 13.0. The second kappa shape index (κ2) is 9.21. The van der Waals surface area contributed by atoms with Crippen LogP contribution in [0.1, 0.15) is 26.8 Å². The van der Waals surface area contributed by atoms with Crippen LogP contribution in [-0.4, -0.2) is 27.3 Å². The fourth-order valence-electron chi connectivity index (χ4n) is 2.85. The summed E-state index contributed by atoms with van der Waals surface area (Å²) in [6.07, 6.45) is 0. The van der Waals surface area contributed by atoms with E-state index in [0.717, 1.165) is 0 Å². The Labute approximate surface area is 179 Å². The van der Waals surface area contributed by atoms with Crippen molar-refractivity contribution in [1.82, 2.24) is 10.0 Å². The molecule has 0 unspecified atom stereocenters. The van der Waals surface area contributed by atoms with Crippen molar-refractivity contribution in [2.24, 2.45) is 0 Å². The Morgan fingerprint density at radius 3 is 2.37 bits per heavy atom. The number of sulfonamides is 1. The number of hydrogen-bond acceptors (Lipinski definition) is 5. The van der Waals surface area contributed by atoms with E-state index in [1.807, 2.05) is 6.07 Å². The third-order valence-electron chi connectivity index (χ3n) is 4.43. The molecule has 2 aromatic carbocycles. The molecule has 0 bridgehead atoms. The first-order valence-corrected chi connectivity index (χ1v) is 11.4. The third kappa shape index (κ3) is 4.93. The zero-order valence-electron chi connectivity index (χ0n) is 16.4. The smallest absolute Gasteiger partial charge is 0.262 e. The highest BCUT2D eigenvalue weighted by Gasteiger charge is 2.24. The number of carbonyl (C=O) groups is 2. The minimum absolute atomic E-state index is 0.0710. The number of benzene rings is 2. The van der Waals surface area contributed by atoms with Crippen molar-refractivity contribution >= 4 is 38.9 Å². The van der Waals surface area contributed by atoms with Crippen LogP contribution in [0.5, 0.6) is 0 Å². The molecule has 3 N–H and O–H groups in total. The maximum atomic E-state index is 13.0. The summed E-state index contributed by atoms with van der Waals surface area (Å²) in [4.78, 5) is 26.2. The average Bonchev–Trinajstić information content (AvgIpc) is 3.28. The minimum atomic E-state index is -3.68. The van der Waals surface area contributed by atoms with Crippen molar-refractivity contribution in [3.05, 3.63) is 82.0 Å². The predicted octanol–water partition coefficient (Wildman–Crippen LogP) is 3.07. The van der Waals surface area contributed by atoms with Crippen molar-refractivity contribution in [1.29, 1.82) is 0 Å². The van der Waals surface area contributed by atoms with Gasteiger partial charge in [0.15, 0.2) is 0 Å². The van der Waals surface area contributed by atoms with E-state index < -0.39 is 22.0 Å². The van der Waals surface area contributed by atoms with Gasteiger partial charge in [-0.1, -0.05) is 42.5 Å². The van der Waals surface area contributed by atoms with Gasteiger partial charge in [0.25, 0.3) is 11.8 Å². The number of anilines is 1. The Morgan fingerprint density at radius 1 is 1.00 bits per heavy atom. The molecule has 0 saturated heterocycles. The highest BCUT2D eigenvalue weighted by molar-refractivity contribution is 7.89. The standard InChI is InChI=1S/C21H21N3O4S2/c1-14-10-11-16(13-18(14)30(27,28)22-2)23-21(26)19(15-7-4-3-5-8-15)24-20(25)17-9-6-12-29-17/h3-13,19,22H,1-2H3,(H,23,26)(H,24,25)/t19-/m1/s1. The van der Waals surface area contributed by atoms with Gasteiger partial charge in [0.1, 0.15) is 6.04 Å². The molecule has 3 rings (SSSR count). The molecule has 1 aromatic heterocycles. The molecule has 2 amide bonds. The molecule has 1 heterocycles. The summed E-state index contributed by atoms with van der Waals surface area (Å²) in [6, 6.07) is 15.9. The van der Waals surface area contributed by atoms with Gasteiger partial charge in [-0.25, -0.2) is 13.1 Å². The normalized spacial score (nSPS) is 12.2. The van der Waals surface area contributed by atoms with Gasteiger partial charge in [0.05, 0.1) is 9.77 Å². The summed E-state index contributed by atoms with van der Waals surface area (Å²) in [7, 11) is -2.35. The van der Waals surface area contributed by atoms with Crippen LogP contribution in [0.15, 0.2) is 70.9 Å². The van der Waals surface area contributed by atoms with E-state index in [0.29, 0.717) is 21.7 Å². The maximum Gasteiger partial charge on any atom is 0.262 e. The SMILES string of the molecule is CNS(=O)(=O)c1cc(NC(=O)[C@H](NC(=O)c2cccs2)c2ccccc2)ccc1C. The number of aryl methyl sites for hydroxylation is 1. The lowest BCUT2D eigenvalue weighted by atomic mass is 10.1. The molecule has 0 aliphatic heterocycles. The molecular weight excluding hydrogens is 422 g/mol. The Bertz CT molecular complexity index is 1140. The lowest BCUT2D eigenvalue weighted by molar-refractivity contribution is -0.118. The van der Waals surface area contributed by atoms with Crippen molar-refractivity contribution < 1.29 is 18.0 Å². The minimum Gasteiger partial charge on any atom is -0.336 e. The first-order chi connectivity index (χ1) is 14.3. The summed E-state index contributed by atoms with van der Waals surface area (Å²) < 4.78 is 26.7. The van der Waals surface area contributed by atoms with Crippen molar-refractivity contribution in [2.75, 3.05) is 12.4 Å². The van der Waals surface area contributed by atoms with Gasteiger partial charge in [-0.2, -0.15) is 0 Å². The molecule has 7 nitrogen and oxygen atoms in total. The van der Waals surface area contributed by atoms with E-state index in [9.17, 15) is 18.0 Å². The summed E-state index contributed by atoms with van der Waals surface area (Å²) in [5, 5.41) is 7.24. The molecule has 0 fully saturated rings. The highest BCUT2D eigenvalue weighted by Crippen LogP contribution is 2.22. The van der Waals surface area contributed by atoms with E-state index >= 15 is 0 Å². The van der Waals surface area contributed by atoms with Gasteiger partial charge in [0, 0.05) is 5.69 Å². The molecule has 156 valence electrons. The molecule has 0 aliphatic carbocycles. The van der Waals surface area contributed by atoms with Crippen LogP contribution in [0, 0.1) is 6.92 Å². The van der Waals surface area contributed by atoms with E-state index in [1.165, 1.54) is 24.5 Å². The Hall–Kier alpha value is -3.01. The molecule has 3 aromatic rings. The largest absolute Gasteiger partial charge is 0.336 e. The van der Waals surface area contributed by atoms with Crippen molar-refractivity contribution in [3.8, 4) is 0 Å². The quantitative estimate of drug-likeness (QED) is 0.522. The lowest BCUT2D eigenvalue weighted by Crippen LogP contribution is -2.36. The van der Waals surface area contributed by atoms with Gasteiger partial charge in [-0.05, 0) is 48.7 Å². The topological polar surface area (TPSA) is 104 Å². The average molecular weight is 444 g/mol. The van der Waals surface area contributed by atoms with E-state index in [1.54, 1.807) is 60.8 Å². The van der Waals surface area contributed by atoms with Crippen molar-refractivity contribution in [3.63, 3.8) is 0 Å².